The van der Waals surface area contributed by atoms with Gasteiger partial charge in [0.05, 0.1) is 28.4 Å². The van der Waals surface area contributed by atoms with Crippen molar-refractivity contribution in [2.45, 2.75) is 50.9 Å². The molecule has 6 rings (SSSR count). The molecule has 0 heterocycles. The molecular formula is C38H40N2O8. The molecule has 0 bridgehead atoms. The minimum Gasteiger partial charge on any atom is -0.493 e. The molecule has 0 spiro atoms. The zero-order valence-corrected chi connectivity index (χ0v) is 27.6. The van der Waals surface area contributed by atoms with Crippen LogP contribution in [-0.2, 0) is 35.5 Å². The van der Waals surface area contributed by atoms with Crippen molar-refractivity contribution in [3.05, 3.63) is 106 Å². The molecular weight excluding hydrogens is 612 g/mol. The second kappa shape index (κ2) is 14.8. The quantitative estimate of drug-likeness (QED) is 0.111. The van der Waals surface area contributed by atoms with E-state index >= 15 is 0 Å². The van der Waals surface area contributed by atoms with Crippen LogP contribution in [0.2, 0.25) is 0 Å². The van der Waals surface area contributed by atoms with Gasteiger partial charge in [0.2, 0.25) is 11.5 Å². The Labute approximate surface area is 280 Å². The summed E-state index contributed by atoms with van der Waals surface area (Å²) in [6, 6.07) is 24.3. The van der Waals surface area contributed by atoms with Crippen molar-refractivity contribution >= 4 is 11.9 Å². The molecule has 0 amide bonds. The lowest BCUT2D eigenvalue weighted by molar-refractivity contribution is -0.156. The van der Waals surface area contributed by atoms with Crippen LogP contribution >= 0.6 is 0 Å². The van der Waals surface area contributed by atoms with Crippen LogP contribution in [0.3, 0.4) is 0 Å². The Kier molecular flexibility index (Phi) is 10.1. The first-order valence-corrected chi connectivity index (χ1v) is 16.0. The van der Waals surface area contributed by atoms with Gasteiger partial charge in [-0.25, -0.2) is 9.59 Å². The lowest BCUT2D eigenvalue weighted by atomic mass is 10.1. The number of aryl methyl sites for hydroxylation is 2. The number of methoxy groups -OCH3 is 4. The molecule has 0 aromatic heterocycles. The summed E-state index contributed by atoms with van der Waals surface area (Å²) in [6.45, 7) is 1.06. The molecule has 0 radical (unpaired) electrons. The Hall–Kier alpha value is -5.06. The largest absolute Gasteiger partial charge is 0.493 e. The van der Waals surface area contributed by atoms with E-state index in [1.807, 2.05) is 0 Å². The van der Waals surface area contributed by atoms with Gasteiger partial charge in [-0.3, -0.25) is 0 Å². The van der Waals surface area contributed by atoms with Crippen LogP contribution in [0.25, 0.3) is 0 Å². The first kappa shape index (κ1) is 32.9. The van der Waals surface area contributed by atoms with Gasteiger partial charge in [0.25, 0.3) is 0 Å². The molecule has 2 N–H and O–H groups in total. The summed E-state index contributed by atoms with van der Waals surface area (Å²) >= 11 is 0. The number of fused-ring (bicyclic) bond motifs is 2. The highest BCUT2D eigenvalue weighted by Crippen LogP contribution is 2.41. The van der Waals surface area contributed by atoms with Crippen molar-refractivity contribution in [1.82, 2.24) is 10.6 Å². The minimum absolute atomic E-state index is 0.0363. The van der Waals surface area contributed by atoms with Crippen LogP contribution in [0.15, 0.2) is 72.8 Å². The van der Waals surface area contributed by atoms with Crippen molar-refractivity contribution in [1.29, 1.82) is 0 Å². The molecule has 0 aliphatic heterocycles. The van der Waals surface area contributed by atoms with E-state index in [0.717, 1.165) is 36.8 Å². The van der Waals surface area contributed by atoms with Gasteiger partial charge >= 0.3 is 11.9 Å². The van der Waals surface area contributed by atoms with Crippen molar-refractivity contribution in [2.24, 2.45) is 0 Å². The summed E-state index contributed by atoms with van der Waals surface area (Å²) in [5.41, 5.74) is 7.03. The molecule has 2 aliphatic rings. The van der Waals surface area contributed by atoms with Crippen molar-refractivity contribution in [2.75, 3.05) is 28.4 Å². The number of carbonyl (C=O) groups excluding carboxylic acids is 2. The SMILES string of the molecule is COc1cc(CNC2CCc3ccccc32)cc(OC)c1OC(=O)C(=O)Oc1c(OC)cc(CNC2CCc3ccccc32)cc1OC. The van der Waals surface area contributed by atoms with Crippen LogP contribution in [-0.4, -0.2) is 40.4 Å². The average Bonchev–Trinajstić information content (AvgIpc) is 3.74. The normalized spacial score (nSPS) is 16.1. The van der Waals surface area contributed by atoms with Gasteiger partial charge in [-0.15, -0.1) is 0 Å². The first-order chi connectivity index (χ1) is 23.4. The molecule has 2 atom stereocenters. The lowest BCUT2D eigenvalue weighted by Crippen LogP contribution is -2.26. The summed E-state index contributed by atoms with van der Waals surface area (Å²) < 4.78 is 33.1. The summed E-state index contributed by atoms with van der Waals surface area (Å²) in [4.78, 5) is 26.1. The number of ether oxygens (including phenoxy) is 6. The van der Waals surface area contributed by atoms with Gasteiger partial charge in [0.15, 0.2) is 23.0 Å². The van der Waals surface area contributed by atoms with E-state index in [1.165, 1.54) is 50.7 Å². The van der Waals surface area contributed by atoms with Crippen LogP contribution in [0.4, 0.5) is 0 Å². The van der Waals surface area contributed by atoms with Gasteiger partial charge in [-0.2, -0.15) is 0 Å². The number of benzene rings is 4. The number of esters is 2. The monoisotopic (exact) mass is 652 g/mol. The summed E-state index contributed by atoms with van der Waals surface area (Å²) in [5.74, 6) is -1.68. The van der Waals surface area contributed by atoms with E-state index in [1.54, 1.807) is 24.3 Å². The number of hydrogen-bond donors (Lipinski definition) is 2. The summed E-state index contributed by atoms with van der Waals surface area (Å²) in [7, 11) is 5.80. The third kappa shape index (κ3) is 6.95. The molecule has 4 aromatic carbocycles. The second-order valence-electron chi connectivity index (χ2n) is 11.8. The topological polar surface area (TPSA) is 114 Å². The minimum atomic E-state index is -1.27. The third-order valence-corrected chi connectivity index (χ3v) is 8.97. The maximum atomic E-state index is 13.1. The molecule has 0 fully saturated rings. The van der Waals surface area contributed by atoms with E-state index < -0.39 is 11.9 Å². The zero-order chi connectivity index (χ0) is 33.6. The van der Waals surface area contributed by atoms with Gasteiger partial charge in [-0.05, 0) is 83.3 Å². The van der Waals surface area contributed by atoms with Gasteiger partial charge in [-0.1, -0.05) is 48.5 Å². The molecule has 4 aromatic rings. The Morgan fingerprint density at radius 3 is 1.29 bits per heavy atom. The highest BCUT2D eigenvalue weighted by atomic mass is 16.6. The van der Waals surface area contributed by atoms with E-state index in [-0.39, 0.29) is 46.6 Å². The van der Waals surface area contributed by atoms with Crippen LogP contribution in [0, 0.1) is 0 Å². The van der Waals surface area contributed by atoms with E-state index in [2.05, 4.69) is 59.2 Å². The average molecular weight is 653 g/mol. The van der Waals surface area contributed by atoms with E-state index in [9.17, 15) is 9.59 Å². The van der Waals surface area contributed by atoms with Gasteiger partial charge < -0.3 is 39.1 Å². The van der Waals surface area contributed by atoms with Crippen LogP contribution in [0.5, 0.6) is 34.5 Å². The number of rotatable bonds is 12. The van der Waals surface area contributed by atoms with Crippen molar-refractivity contribution < 1.29 is 38.0 Å². The molecule has 250 valence electrons. The van der Waals surface area contributed by atoms with Gasteiger partial charge in [0.1, 0.15) is 0 Å². The van der Waals surface area contributed by atoms with E-state index in [4.69, 9.17) is 28.4 Å². The number of nitrogens with one attached hydrogen (secondary N) is 2. The summed E-state index contributed by atoms with van der Waals surface area (Å²) in [5, 5.41) is 7.19. The third-order valence-electron chi connectivity index (χ3n) is 8.97. The molecule has 48 heavy (non-hydrogen) atoms. The fourth-order valence-corrected chi connectivity index (χ4v) is 6.56. The van der Waals surface area contributed by atoms with Gasteiger partial charge in [0, 0.05) is 25.2 Å². The first-order valence-electron chi connectivity index (χ1n) is 16.0. The van der Waals surface area contributed by atoms with Crippen molar-refractivity contribution in [3.8, 4) is 34.5 Å². The Balaban J connectivity index is 1.12. The molecule has 0 saturated carbocycles. The Morgan fingerprint density at radius 2 is 0.938 bits per heavy atom. The molecule has 2 aliphatic carbocycles. The smallest absolute Gasteiger partial charge is 0.423 e. The van der Waals surface area contributed by atoms with Crippen LogP contribution in [0.1, 0.15) is 58.3 Å². The highest BCUT2D eigenvalue weighted by molar-refractivity contribution is 6.31. The highest BCUT2D eigenvalue weighted by Gasteiger charge is 2.28. The fraction of sp³-hybridized carbons (Fsp3) is 0.316. The molecule has 0 saturated heterocycles. The maximum absolute atomic E-state index is 13.1. The Morgan fingerprint density at radius 1 is 0.583 bits per heavy atom. The molecule has 10 nitrogen and oxygen atoms in total. The zero-order valence-electron chi connectivity index (χ0n) is 27.6. The number of hydrogen-bond acceptors (Lipinski definition) is 10. The second-order valence-corrected chi connectivity index (χ2v) is 11.8. The fourth-order valence-electron chi connectivity index (χ4n) is 6.56. The van der Waals surface area contributed by atoms with Crippen molar-refractivity contribution in [3.63, 3.8) is 0 Å². The maximum Gasteiger partial charge on any atom is 0.423 e. The predicted molar refractivity (Wildman–Crippen MR) is 179 cm³/mol. The number of carbonyl (C=O) groups is 2. The standard InChI is InChI=1S/C38H40N2O8/c1-43-31-17-23(21-39-29-15-13-25-9-5-7-11-27(25)29)18-32(44-2)35(31)47-37(41)38(42)48-36-33(45-3)19-24(20-34(36)46-4)22-40-30-16-14-26-10-6-8-12-28(26)30/h5-12,17-20,29-30,39-40H,13-16,21-22H2,1-4H3. The van der Waals surface area contributed by atoms with Crippen LogP contribution < -0.4 is 39.1 Å². The Bertz CT molecular complexity index is 1620. The lowest BCUT2D eigenvalue weighted by Gasteiger charge is -2.18. The van der Waals surface area contributed by atoms with E-state index in [0.29, 0.717) is 13.1 Å². The molecule has 10 heteroatoms. The predicted octanol–water partition coefficient (Wildman–Crippen LogP) is 5.79. The molecule has 2 unspecified atom stereocenters. The summed E-state index contributed by atoms with van der Waals surface area (Å²) in [6.07, 6.45) is 4.08.